The minimum absolute atomic E-state index is 0.205. The number of rotatable bonds is 6. The fourth-order valence-corrected chi connectivity index (χ4v) is 2.03. The van der Waals surface area contributed by atoms with Gasteiger partial charge in [0.05, 0.1) is 25.3 Å². The van der Waals surface area contributed by atoms with E-state index in [4.69, 9.17) is 0 Å². The van der Waals surface area contributed by atoms with Crippen LogP contribution in [-0.2, 0) is 9.53 Å². The summed E-state index contributed by atoms with van der Waals surface area (Å²) in [5, 5.41) is 9.57. The maximum atomic E-state index is 10.9. The molecule has 94 valence electrons. The molecule has 1 unspecified atom stereocenters. The van der Waals surface area contributed by atoms with Crippen molar-refractivity contribution in [2.45, 2.75) is 30.8 Å². The van der Waals surface area contributed by atoms with E-state index in [1.807, 2.05) is 19.1 Å². The quantitative estimate of drug-likeness (QED) is 0.623. The van der Waals surface area contributed by atoms with Gasteiger partial charge in [-0.15, -0.1) is 11.8 Å². The lowest BCUT2D eigenvalue weighted by atomic mass is 10.2. The average molecular weight is 255 g/mol. The first-order valence-electron chi connectivity index (χ1n) is 5.51. The number of carbonyl (C=O) groups excluding carboxylic acids is 1. The highest BCUT2D eigenvalue weighted by molar-refractivity contribution is 7.99. The molecule has 0 saturated heterocycles. The van der Waals surface area contributed by atoms with Gasteiger partial charge in [0, 0.05) is 16.8 Å². The van der Waals surface area contributed by atoms with Gasteiger partial charge in [-0.3, -0.25) is 9.78 Å². The molecule has 0 saturated carbocycles. The van der Waals surface area contributed by atoms with Gasteiger partial charge in [-0.1, -0.05) is 6.92 Å². The first-order valence-corrected chi connectivity index (χ1v) is 6.49. The van der Waals surface area contributed by atoms with E-state index in [0.29, 0.717) is 24.3 Å². The van der Waals surface area contributed by atoms with Crippen molar-refractivity contribution in [2.75, 3.05) is 12.9 Å². The van der Waals surface area contributed by atoms with E-state index < -0.39 is 6.10 Å². The van der Waals surface area contributed by atoms with Crippen LogP contribution < -0.4 is 0 Å². The van der Waals surface area contributed by atoms with Crippen LogP contribution in [0.3, 0.4) is 0 Å². The second-order valence-electron chi connectivity index (χ2n) is 3.52. The van der Waals surface area contributed by atoms with Crippen LogP contribution in [-0.4, -0.2) is 28.9 Å². The molecule has 4 nitrogen and oxygen atoms in total. The lowest BCUT2D eigenvalue weighted by molar-refractivity contribution is -0.140. The van der Waals surface area contributed by atoms with Gasteiger partial charge in [-0.25, -0.2) is 0 Å². The summed E-state index contributed by atoms with van der Waals surface area (Å²) in [7, 11) is 1.38. The molecule has 0 bridgehead atoms. The minimum atomic E-state index is -0.496. The Morgan fingerprint density at radius 2 is 2.35 bits per heavy atom. The van der Waals surface area contributed by atoms with E-state index in [-0.39, 0.29) is 5.97 Å². The highest BCUT2D eigenvalue weighted by atomic mass is 32.2. The largest absolute Gasteiger partial charge is 0.469 e. The van der Waals surface area contributed by atoms with Crippen LogP contribution in [0.1, 0.15) is 31.6 Å². The lowest BCUT2D eigenvalue weighted by Gasteiger charge is -2.07. The smallest absolute Gasteiger partial charge is 0.306 e. The van der Waals surface area contributed by atoms with Gasteiger partial charge < -0.3 is 9.84 Å². The average Bonchev–Trinajstić information content (AvgIpc) is 2.38. The highest BCUT2D eigenvalue weighted by Crippen LogP contribution is 2.20. The summed E-state index contributed by atoms with van der Waals surface area (Å²) in [4.78, 5) is 16.1. The van der Waals surface area contributed by atoms with Gasteiger partial charge in [-0.2, -0.15) is 0 Å². The van der Waals surface area contributed by atoms with Crippen LogP contribution in [0.15, 0.2) is 23.2 Å². The van der Waals surface area contributed by atoms with Gasteiger partial charge in [0.1, 0.15) is 0 Å². The SMILES string of the molecule is CCC(O)c1ccc(SCCC(=O)OC)cn1. The number of esters is 1. The molecule has 1 heterocycles. The molecule has 0 radical (unpaired) electrons. The van der Waals surface area contributed by atoms with Crippen molar-refractivity contribution in [3.05, 3.63) is 24.0 Å². The molecular weight excluding hydrogens is 238 g/mol. The van der Waals surface area contributed by atoms with Crippen LogP contribution in [0.25, 0.3) is 0 Å². The first-order chi connectivity index (χ1) is 8.17. The molecule has 1 N–H and O–H groups in total. The summed E-state index contributed by atoms with van der Waals surface area (Å²) in [5.74, 6) is 0.466. The molecule has 5 heteroatoms. The molecule has 0 aliphatic heterocycles. The zero-order valence-electron chi connectivity index (χ0n) is 10.0. The number of hydrogen-bond donors (Lipinski definition) is 1. The van der Waals surface area contributed by atoms with Crippen molar-refractivity contribution < 1.29 is 14.6 Å². The van der Waals surface area contributed by atoms with E-state index in [0.717, 1.165) is 4.90 Å². The molecule has 0 aliphatic rings. The molecule has 0 aliphatic carbocycles. The van der Waals surface area contributed by atoms with Crippen molar-refractivity contribution in [1.29, 1.82) is 0 Å². The van der Waals surface area contributed by atoms with E-state index in [2.05, 4.69) is 9.72 Å². The number of carbonyl (C=O) groups is 1. The van der Waals surface area contributed by atoms with Crippen molar-refractivity contribution in [3.8, 4) is 0 Å². The normalized spacial score (nSPS) is 12.2. The minimum Gasteiger partial charge on any atom is -0.469 e. The number of aromatic nitrogens is 1. The Labute approximate surface area is 105 Å². The molecule has 0 fully saturated rings. The predicted molar refractivity (Wildman–Crippen MR) is 66.8 cm³/mol. The van der Waals surface area contributed by atoms with E-state index >= 15 is 0 Å². The summed E-state index contributed by atoms with van der Waals surface area (Å²) in [6, 6.07) is 3.72. The van der Waals surface area contributed by atoms with Gasteiger partial charge in [0.15, 0.2) is 0 Å². The number of methoxy groups -OCH3 is 1. The summed E-state index contributed by atoms with van der Waals surface area (Å²) in [5.41, 5.74) is 0.685. The van der Waals surface area contributed by atoms with Crippen molar-refractivity contribution in [2.24, 2.45) is 0 Å². The Kier molecular flexibility index (Phi) is 6.00. The topological polar surface area (TPSA) is 59.4 Å². The summed E-state index contributed by atoms with van der Waals surface area (Å²) >= 11 is 1.55. The van der Waals surface area contributed by atoms with E-state index in [1.165, 1.54) is 7.11 Å². The van der Waals surface area contributed by atoms with Crippen molar-refractivity contribution >= 4 is 17.7 Å². The Morgan fingerprint density at radius 1 is 1.59 bits per heavy atom. The summed E-state index contributed by atoms with van der Waals surface area (Å²) < 4.78 is 4.55. The first kappa shape index (κ1) is 14.0. The molecule has 17 heavy (non-hydrogen) atoms. The molecule has 1 atom stereocenters. The summed E-state index contributed by atoms with van der Waals surface area (Å²) in [6.45, 7) is 1.91. The maximum Gasteiger partial charge on any atom is 0.306 e. The van der Waals surface area contributed by atoms with Crippen LogP contribution >= 0.6 is 11.8 Å². The number of hydrogen-bond acceptors (Lipinski definition) is 5. The Bertz CT molecular complexity index is 353. The van der Waals surface area contributed by atoms with Crippen LogP contribution in [0.4, 0.5) is 0 Å². The predicted octanol–water partition coefficient (Wildman–Crippen LogP) is 2.18. The van der Waals surface area contributed by atoms with Gasteiger partial charge in [0.2, 0.25) is 0 Å². The Balaban J connectivity index is 2.43. The zero-order valence-corrected chi connectivity index (χ0v) is 10.9. The lowest BCUT2D eigenvalue weighted by Crippen LogP contribution is -2.01. The third-order valence-electron chi connectivity index (χ3n) is 2.29. The van der Waals surface area contributed by atoms with Gasteiger partial charge in [0.25, 0.3) is 0 Å². The standard InChI is InChI=1S/C12H17NO3S/c1-3-11(14)10-5-4-9(8-13-10)17-7-6-12(15)16-2/h4-5,8,11,14H,3,6-7H2,1-2H3. The van der Waals surface area contributed by atoms with Crippen molar-refractivity contribution in [1.82, 2.24) is 4.98 Å². The fourth-order valence-electron chi connectivity index (χ4n) is 1.24. The van der Waals surface area contributed by atoms with E-state index in [9.17, 15) is 9.90 Å². The Hall–Kier alpha value is -1.07. The van der Waals surface area contributed by atoms with Crippen LogP contribution in [0.5, 0.6) is 0 Å². The molecule has 1 aromatic heterocycles. The maximum absolute atomic E-state index is 10.9. The van der Waals surface area contributed by atoms with Crippen molar-refractivity contribution in [3.63, 3.8) is 0 Å². The molecule has 1 aromatic rings. The third kappa shape index (κ3) is 4.75. The Morgan fingerprint density at radius 3 is 2.88 bits per heavy atom. The zero-order chi connectivity index (χ0) is 12.7. The number of pyridine rings is 1. The number of aliphatic hydroxyl groups excluding tert-OH is 1. The fraction of sp³-hybridized carbons (Fsp3) is 0.500. The van der Waals surface area contributed by atoms with Crippen LogP contribution in [0, 0.1) is 0 Å². The second-order valence-corrected chi connectivity index (χ2v) is 4.69. The molecule has 0 aromatic carbocycles. The number of nitrogens with zero attached hydrogens (tertiary/aromatic N) is 1. The summed E-state index contributed by atoms with van der Waals surface area (Å²) in [6.07, 6.45) is 2.27. The molecular formula is C12H17NO3S. The number of aliphatic hydroxyl groups is 1. The van der Waals surface area contributed by atoms with E-state index in [1.54, 1.807) is 18.0 Å². The monoisotopic (exact) mass is 255 g/mol. The highest BCUT2D eigenvalue weighted by Gasteiger charge is 2.06. The number of ether oxygens (including phenoxy) is 1. The number of thioether (sulfide) groups is 1. The van der Waals surface area contributed by atoms with Gasteiger partial charge >= 0.3 is 5.97 Å². The van der Waals surface area contributed by atoms with Crippen LogP contribution in [0.2, 0.25) is 0 Å². The molecule has 1 rings (SSSR count). The van der Waals surface area contributed by atoms with Gasteiger partial charge in [-0.05, 0) is 18.6 Å². The third-order valence-corrected chi connectivity index (χ3v) is 3.27. The molecule has 0 amide bonds. The molecule has 0 spiro atoms. The second kappa shape index (κ2) is 7.29.